The molecule has 2 heterocycles. The normalized spacial score (nSPS) is 10.8. The average molecular weight is 680 g/mol. The number of benzene rings is 2. The third kappa shape index (κ3) is 5.43. The van der Waals surface area contributed by atoms with Gasteiger partial charge in [0.05, 0.1) is 0 Å². The maximum Gasteiger partial charge on any atom is 0.256 e. The summed E-state index contributed by atoms with van der Waals surface area (Å²) in [4.78, 5) is 16.4. The molecule has 0 aliphatic heterocycles. The second kappa shape index (κ2) is 11.0. The van der Waals surface area contributed by atoms with Crippen LogP contribution in [0.1, 0.15) is 27.0 Å². The lowest BCUT2D eigenvalue weighted by atomic mass is 10.1. The zero-order chi connectivity index (χ0) is 24.1. The Kier molecular flexibility index (Phi) is 7.88. The quantitative estimate of drug-likeness (QED) is 0.117. The van der Waals surface area contributed by atoms with E-state index in [9.17, 15) is 9.90 Å². The molecular formula is C24H22I2N6O2. The number of halogens is 2. The lowest BCUT2D eigenvalue weighted by molar-refractivity contribution is 0.100. The summed E-state index contributed by atoms with van der Waals surface area (Å²) in [6, 6.07) is 15.5. The monoisotopic (exact) mass is 680 g/mol. The van der Waals surface area contributed by atoms with Crippen LogP contribution in [0.2, 0.25) is 0 Å². The molecule has 2 aromatic heterocycles. The summed E-state index contributed by atoms with van der Waals surface area (Å²) >= 11 is 4.46. The molecule has 2 aromatic carbocycles. The molecule has 0 saturated heterocycles. The lowest BCUT2D eigenvalue weighted by Gasteiger charge is -2.12. The van der Waals surface area contributed by atoms with Crippen LogP contribution in [0.3, 0.4) is 0 Å². The lowest BCUT2D eigenvalue weighted by Crippen LogP contribution is -2.15. The number of anilines is 3. The molecular weight excluding hydrogens is 658 g/mol. The fraction of sp³-hybridized carbons (Fsp3) is 0.125. The highest BCUT2D eigenvalue weighted by atomic mass is 127. The number of H-pyrrole nitrogens is 1. The number of amides is 1. The number of aromatic nitrogens is 3. The number of pyridine rings is 1. The Bertz CT molecular complexity index is 1270. The van der Waals surface area contributed by atoms with Gasteiger partial charge in [-0.15, -0.1) is 0 Å². The first kappa shape index (κ1) is 24.3. The molecule has 1 amide bonds. The Balaban J connectivity index is 1.52. The number of rotatable bonds is 9. The van der Waals surface area contributed by atoms with Crippen LogP contribution in [0, 0.1) is 0 Å². The zero-order valence-corrected chi connectivity index (χ0v) is 22.3. The second-order valence-corrected chi connectivity index (χ2v) is 9.04. The summed E-state index contributed by atoms with van der Waals surface area (Å²) in [6.45, 7) is 0.440. The molecule has 174 valence electrons. The first-order chi connectivity index (χ1) is 16.5. The summed E-state index contributed by atoms with van der Waals surface area (Å²) in [5, 5.41) is 23.8. The van der Waals surface area contributed by atoms with Crippen LogP contribution in [0.15, 0.2) is 60.9 Å². The number of nitrogens with one attached hydrogen (secondary N) is 3. The van der Waals surface area contributed by atoms with Gasteiger partial charge < -0.3 is 21.5 Å². The molecule has 8 nitrogen and oxygen atoms in total. The summed E-state index contributed by atoms with van der Waals surface area (Å²) in [7, 11) is 0. The van der Waals surface area contributed by atoms with E-state index in [1.807, 2.05) is 48.5 Å². The van der Waals surface area contributed by atoms with Crippen molar-refractivity contribution in [2.45, 2.75) is 15.4 Å². The first-order valence-electron chi connectivity index (χ1n) is 10.3. The number of phenols is 1. The van der Waals surface area contributed by atoms with Gasteiger partial charge in [-0.25, -0.2) is 0 Å². The van der Waals surface area contributed by atoms with Crippen LogP contribution in [-0.2, 0) is 15.4 Å². The van der Waals surface area contributed by atoms with Crippen molar-refractivity contribution in [2.24, 2.45) is 5.73 Å². The third-order valence-corrected chi connectivity index (χ3v) is 6.88. The number of primary amides is 1. The maximum atomic E-state index is 12.2. The number of carbonyl (C=O) groups is 1. The summed E-state index contributed by atoms with van der Waals surface area (Å²) < 4.78 is 1.40. The van der Waals surface area contributed by atoms with Crippen molar-refractivity contribution in [1.29, 1.82) is 0 Å². The molecule has 6 N–H and O–H groups in total. The van der Waals surface area contributed by atoms with Crippen molar-refractivity contribution in [2.75, 3.05) is 10.6 Å². The van der Waals surface area contributed by atoms with Crippen molar-refractivity contribution in [3.05, 3.63) is 83.2 Å². The van der Waals surface area contributed by atoms with Crippen molar-refractivity contribution in [1.82, 2.24) is 15.2 Å². The fourth-order valence-corrected chi connectivity index (χ4v) is 4.71. The molecule has 0 saturated carbocycles. The van der Waals surface area contributed by atoms with E-state index in [4.69, 9.17) is 5.73 Å². The van der Waals surface area contributed by atoms with E-state index in [1.54, 1.807) is 12.4 Å². The van der Waals surface area contributed by atoms with Crippen molar-refractivity contribution < 1.29 is 9.90 Å². The number of nitrogens with two attached hydrogens (primary N) is 1. The Morgan fingerprint density at radius 1 is 1.06 bits per heavy atom. The van der Waals surface area contributed by atoms with Gasteiger partial charge in [-0.05, 0) is 47.0 Å². The predicted molar refractivity (Wildman–Crippen MR) is 151 cm³/mol. The second-order valence-electron chi connectivity index (χ2n) is 7.51. The van der Waals surface area contributed by atoms with Crippen molar-refractivity contribution >= 4 is 68.4 Å². The van der Waals surface area contributed by atoms with Gasteiger partial charge in [-0.3, -0.25) is 14.9 Å². The van der Waals surface area contributed by atoms with E-state index in [-0.39, 0.29) is 5.56 Å². The zero-order valence-electron chi connectivity index (χ0n) is 18.0. The van der Waals surface area contributed by atoms with Crippen LogP contribution in [0.25, 0.3) is 11.1 Å². The number of aromatic hydroxyl groups is 1. The Hall–Kier alpha value is -2.87. The fourth-order valence-electron chi connectivity index (χ4n) is 3.54. The topological polar surface area (TPSA) is 129 Å². The van der Waals surface area contributed by atoms with E-state index in [0.29, 0.717) is 32.8 Å². The van der Waals surface area contributed by atoms with Crippen molar-refractivity contribution in [3.63, 3.8) is 0 Å². The molecule has 0 spiro atoms. The molecule has 0 aliphatic rings. The first-order valence-corrected chi connectivity index (χ1v) is 13.4. The standard InChI is InChI=1S/C24H22I2N6O2/c25-10-17-8-14(9-18(11-26)21(17)33)12-29-23-20(22(27)34)24(32-31-23)30-19-5-3-15(4-6-19)16-2-1-7-28-13-16/h1-9,13,33H,10-12H2,(H2,27,34)(H3,29,30,31,32). The minimum Gasteiger partial charge on any atom is -0.507 e. The van der Waals surface area contributed by atoms with Crippen LogP contribution in [0.4, 0.5) is 17.3 Å². The number of carbonyl (C=O) groups excluding carboxylic acids is 1. The minimum absolute atomic E-state index is 0.248. The molecule has 0 fully saturated rings. The minimum atomic E-state index is -0.600. The van der Waals surface area contributed by atoms with E-state index in [0.717, 1.165) is 33.5 Å². The Morgan fingerprint density at radius 2 is 1.76 bits per heavy atom. The summed E-state index contributed by atoms with van der Waals surface area (Å²) in [6.07, 6.45) is 3.54. The highest BCUT2D eigenvalue weighted by Crippen LogP contribution is 2.30. The molecule has 10 heteroatoms. The van der Waals surface area contributed by atoms with Gasteiger partial charge in [-0.2, -0.15) is 5.10 Å². The summed E-state index contributed by atoms with van der Waals surface area (Å²) in [5.41, 5.74) is 11.5. The molecule has 4 rings (SSSR count). The van der Waals surface area contributed by atoms with Gasteiger partial charge in [0, 0.05) is 44.6 Å². The molecule has 0 radical (unpaired) electrons. The largest absolute Gasteiger partial charge is 0.507 e. The SMILES string of the molecule is NC(=O)c1c(Nc2ccc(-c3cccnc3)cc2)n[nH]c1NCc1cc(CI)c(O)c(CI)c1. The van der Waals surface area contributed by atoms with E-state index < -0.39 is 5.91 Å². The van der Waals surface area contributed by atoms with E-state index in [1.165, 1.54) is 0 Å². The van der Waals surface area contributed by atoms with Crippen LogP contribution in [-0.4, -0.2) is 26.2 Å². The molecule has 0 unspecified atom stereocenters. The predicted octanol–water partition coefficient (Wildman–Crippen LogP) is 5.50. The van der Waals surface area contributed by atoms with Gasteiger partial charge in [0.1, 0.15) is 17.1 Å². The molecule has 34 heavy (non-hydrogen) atoms. The van der Waals surface area contributed by atoms with Gasteiger partial charge in [-0.1, -0.05) is 63.4 Å². The molecule has 4 aromatic rings. The van der Waals surface area contributed by atoms with Gasteiger partial charge in [0.15, 0.2) is 5.82 Å². The van der Waals surface area contributed by atoms with Crippen LogP contribution >= 0.6 is 45.2 Å². The Morgan fingerprint density at radius 3 is 2.35 bits per heavy atom. The molecule has 0 aliphatic carbocycles. The number of phenolic OH excluding ortho intramolecular Hbond substituents is 1. The smallest absolute Gasteiger partial charge is 0.256 e. The molecule has 0 atom stereocenters. The van der Waals surface area contributed by atoms with Crippen LogP contribution in [0.5, 0.6) is 5.75 Å². The van der Waals surface area contributed by atoms with Gasteiger partial charge in [0.25, 0.3) is 5.91 Å². The number of aromatic amines is 1. The van der Waals surface area contributed by atoms with E-state index >= 15 is 0 Å². The van der Waals surface area contributed by atoms with Gasteiger partial charge in [0.2, 0.25) is 0 Å². The molecule has 0 bridgehead atoms. The Labute approximate surface area is 224 Å². The highest BCUT2D eigenvalue weighted by molar-refractivity contribution is 14.1. The number of hydrogen-bond acceptors (Lipinski definition) is 6. The third-order valence-electron chi connectivity index (χ3n) is 5.24. The van der Waals surface area contributed by atoms with Crippen LogP contribution < -0.4 is 16.4 Å². The highest BCUT2D eigenvalue weighted by Gasteiger charge is 2.19. The summed E-state index contributed by atoms with van der Waals surface area (Å²) in [5.74, 6) is 0.517. The van der Waals surface area contributed by atoms with Gasteiger partial charge >= 0.3 is 0 Å². The van der Waals surface area contributed by atoms with E-state index in [2.05, 4.69) is 71.0 Å². The maximum absolute atomic E-state index is 12.2. The number of nitrogens with zero attached hydrogens (tertiary/aromatic N) is 2. The average Bonchev–Trinajstić information content (AvgIpc) is 3.27. The number of hydrogen-bond donors (Lipinski definition) is 5. The van der Waals surface area contributed by atoms with Crippen molar-refractivity contribution in [3.8, 4) is 16.9 Å². The number of alkyl halides is 2.